The molecule has 1 aliphatic rings. The summed E-state index contributed by atoms with van der Waals surface area (Å²) in [5, 5.41) is 1.62. The second kappa shape index (κ2) is 5.54. The first-order valence-electron chi connectivity index (χ1n) is 5.36. The zero-order valence-corrected chi connectivity index (χ0v) is 11.8. The first-order chi connectivity index (χ1) is 9.02. The fourth-order valence-corrected chi connectivity index (χ4v) is 2.43. The van der Waals surface area contributed by atoms with Crippen molar-refractivity contribution in [2.45, 2.75) is 6.92 Å². The lowest BCUT2D eigenvalue weighted by molar-refractivity contribution is -0.135. The summed E-state index contributed by atoms with van der Waals surface area (Å²) in [5.74, 6) is -0.529. The molecule has 19 heavy (non-hydrogen) atoms. The summed E-state index contributed by atoms with van der Waals surface area (Å²) in [7, 11) is 1.28. The smallest absolute Gasteiger partial charge is 0.346 e. The van der Waals surface area contributed by atoms with Gasteiger partial charge in [0.1, 0.15) is 4.91 Å². The van der Waals surface area contributed by atoms with Crippen LogP contribution < -0.4 is 10.4 Å². The molecule has 7 heteroatoms. The molecule has 1 heterocycles. The molecule has 0 aromatic heterocycles. The summed E-state index contributed by atoms with van der Waals surface area (Å²) in [6, 6.07) is 6.80. The van der Waals surface area contributed by atoms with Gasteiger partial charge in [0.15, 0.2) is 0 Å². The Labute approximate surface area is 119 Å². The minimum absolute atomic E-state index is 0.262. The van der Waals surface area contributed by atoms with Gasteiger partial charge in [0.25, 0.3) is 0 Å². The van der Waals surface area contributed by atoms with Crippen LogP contribution >= 0.6 is 23.4 Å². The number of methoxy groups -OCH3 is 1. The van der Waals surface area contributed by atoms with Gasteiger partial charge in [0, 0.05) is 5.02 Å². The summed E-state index contributed by atoms with van der Waals surface area (Å²) in [4.78, 5) is 23.8. The molecule has 1 aliphatic heterocycles. The molecule has 0 saturated heterocycles. The van der Waals surface area contributed by atoms with E-state index in [0.29, 0.717) is 16.4 Å². The number of ether oxygens (including phenoxy) is 1. The van der Waals surface area contributed by atoms with E-state index < -0.39 is 5.97 Å². The molecule has 1 aromatic carbocycles. The van der Waals surface area contributed by atoms with Gasteiger partial charge in [0.2, 0.25) is 0 Å². The molecule has 0 unspecified atom stereocenters. The van der Waals surface area contributed by atoms with Crippen molar-refractivity contribution in [1.82, 2.24) is 5.43 Å². The Kier molecular flexibility index (Phi) is 4.01. The van der Waals surface area contributed by atoms with Crippen LogP contribution in [-0.2, 0) is 9.53 Å². The molecule has 5 nitrogen and oxygen atoms in total. The molecule has 0 aliphatic carbocycles. The maximum absolute atomic E-state index is 12.0. The summed E-state index contributed by atoms with van der Waals surface area (Å²) in [6.07, 6.45) is 0. The Morgan fingerprint density at radius 2 is 2.00 bits per heavy atom. The number of carbonyl (C=O) groups excluding carboxylic acids is 2. The molecule has 100 valence electrons. The molecule has 0 saturated carbocycles. The number of halogens is 1. The van der Waals surface area contributed by atoms with Crippen molar-refractivity contribution in [3.63, 3.8) is 0 Å². The zero-order valence-electron chi connectivity index (χ0n) is 10.3. The highest BCUT2D eigenvalue weighted by Crippen LogP contribution is 2.30. The normalized spacial score (nSPS) is 15.3. The number of carbonyl (C=O) groups is 2. The van der Waals surface area contributed by atoms with Crippen molar-refractivity contribution in [2.24, 2.45) is 0 Å². The van der Waals surface area contributed by atoms with E-state index in [2.05, 4.69) is 10.2 Å². The predicted molar refractivity (Wildman–Crippen MR) is 74.8 cm³/mol. The molecular weight excluding hydrogens is 288 g/mol. The lowest BCUT2D eigenvalue weighted by Gasteiger charge is -2.29. The van der Waals surface area contributed by atoms with Crippen LogP contribution in [0.4, 0.5) is 10.5 Å². The van der Waals surface area contributed by atoms with Crippen molar-refractivity contribution in [1.29, 1.82) is 0 Å². The standard InChI is InChI=1S/C12H11ClN2O3S/c1-7-10(11(16)18-2)19-12(17)15(14-7)9-5-3-8(13)4-6-9/h3-6,14H,1-2H3. The fourth-order valence-electron chi connectivity index (χ4n) is 1.52. The first-order valence-corrected chi connectivity index (χ1v) is 6.55. The zero-order chi connectivity index (χ0) is 14.0. The number of nitrogens with zero attached hydrogens (tertiary/aromatic N) is 1. The molecule has 0 atom stereocenters. The van der Waals surface area contributed by atoms with Gasteiger partial charge in [-0.05, 0) is 43.0 Å². The minimum atomic E-state index is -0.529. The average Bonchev–Trinajstić information content (AvgIpc) is 2.41. The van der Waals surface area contributed by atoms with Crippen LogP contribution in [0.5, 0.6) is 0 Å². The average molecular weight is 299 g/mol. The Morgan fingerprint density at radius 3 is 2.58 bits per heavy atom. The molecule has 0 bridgehead atoms. The van der Waals surface area contributed by atoms with E-state index in [-0.39, 0.29) is 10.1 Å². The highest BCUT2D eigenvalue weighted by Gasteiger charge is 2.29. The number of anilines is 1. The van der Waals surface area contributed by atoms with Crippen molar-refractivity contribution in [3.05, 3.63) is 39.9 Å². The Morgan fingerprint density at radius 1 is 1.37 bits per heavy atom. The molecule has 1 N–H and O–H groups in total. The van der Waals surface area contributed by atoms with Gasteiger partial charge in [-0.2, -0.15) is 0 Å². The van der Waals surface area contributed by atoms with Gasteiger partial charge in [-0.3, -0.25) is 10.2 Å². The van der Waals surface area contributed by atoms with Crippen molar-refractivity contribution in [2.75, 3.05) is 12.1 Å². The quantitative estimate of drug-likeness (QED) is 0.851. The lowest BCUT2D eigenvalue weighted by Crippen LogP contribution is -2.43. The Hall–Kier alpha value is -1.66. The number of hydrogen-bond acceptors (Lipinski definition) is 5. The second-order valence-corrected chi connectivity index (χ2v) is 5.14. The number of thioether (sulfide) groups is 1. The summed E-state index contributed by atoms with van der Waals surface area (Å²) < 4.78 is 4.62. The monoisotopic (exact) mass is 298 g/mol. The molecule has 0 fully saturated rings. The molecule has 1 amide bonds. The summed E-state index contributed by atoms with van der Waals surface area (Å²) >= 11 is 6.63. The number of nitrogens with one attached hydrogen (secondary N) is 1. The van der Waals surface area contributed by atoms with Gasteiger partial charge in [-0.15, -0.1) is 0 Å². The molecule has 1 aromatic rings. The number of rotatable bonds is 2. The first kappa shape index (κ1) is 13.8. The van der Waals surface area contributed by atoms with Gasteiger partial charge in [-0.1, -0.05) is 11.6 Å². The van der Waals surface area contributed by atoms with Gasteiger partial charge in [-0.25, -0.2) is 9.80 Å². The maximum Gasteiger partial charge on any atom is 0.346 e. The third-order valence-electron chi connectivity index (χ3n) is 2.45. The van der Waals surface area contributed by atoms with E-state index in [0.717, 1.165) is 11.8 Å². The highest BCUT2D eigenvalue weighted by atomic mass is 35.5. The molecule has 0 spiro atoms. The van der Waals surface area contributed by atoms with E-state index in [9.17, 15) is 9.59 Å². The van der Waals surface area contributed by atoms with E-state index in [1.54, 1.807) is 31.2 Å². The van der Waals surface area contributed by atoms with E-state index >= 15 is 0 Å². The number of amides is 1. The van der Waals surface area contributed by atoms with Crippen molar-refractivity contribution >= 4 is 40.3 Å². The molecule has 0 radical (unpaired) electrons. The number of benzene rings is 1. The van der Waals surface area contributed by atoms with Crippen molar-refractivity contribution < 1.29 is 14.3 Å². The topological polar surface area (TPSA) is 58.6 Å². The van der Waals surface area contributed by atoms with E-state index in [1.165, 1.54) is 12.1 Å². The van der Waals surface area contributed by atoms with Crippen LogP contribution in [0.15, 0.2) is 34.9 Å². The molecule has 2 rings (SSSR count). The van der Waals surface area contributed by atoms with Gasteiger partial charge < -0.3 is 4.74 Å². The third-order valence-corrected chi connectivity index (χ3v) is 3.73. The lowest BCUT2D eigenvalue weighted by atomic mass is 10.3. The van der Waals surface area contributed by atoms with Crippen LogP contribution in [-0.4, -0.2) is 18.3 Å². The number of allylic oxidation sites excluding steroid dienone is 1. The van der Waals surface area contributed by atoms with Crippen molar-refractivity contribution in [3.8, 4) is 0 Å². The SMILES string of the molecule is COC(=O)C1=C(C)NN(c2ccc(Cl)cc2)C(=O)S1. The van der Waals surface area contributed by atoms with Crippen LogP contribution in [0, 0.1) is 0 Å². The Bertz CT molecular complexity index is 557. The molecular formula is C12H11ClN2O3S. The van der Waals surface area contributed by atoms with Crippen LogP contribution in [0.3, 0.4) is 0 Å². The second-order valence-electron chi connectivity index (χ2n) is 3.74. The number of esters is 1. The Balaban J connectivity index is 2.28. The predicted octanol–water partition coefficient (Wildman–Crippen LogP) is 2.92. The maximum atomic E-state index is 12.0. The minimum Gasteiger partial charge on any atom is -0.465 e. The summed E-state index contributed by atoms with van der Waals surface area (Å²) in [5.41, 5.74) is 4.07. The largest absolute Gasteiger partial charge is 0.465 e. The number of hydrazine groups is 1. The highest BCUT2D eigenvalue weighted by molar-refractivity contribution is 8.18. The van der Waals surface area contributed by atoms with Gasteiger partial charge in [0.05, 0.1) is 18.5 Å². The van der Waals surface area contributed by atoms with Crippen LogP contribution in [0.2, 0.25) is 5.02 Å². The fraction of sp³-hybridized carbons (Fsp3) is 0.167. The van der Waals surface area contributed by atoms with Crippen LogP contribution in [0.1, 0.15) is 6.92 Å². The van der Waals surface area contributed by atoms with E-state index in [4.69, 9.17) is 11.6 Å². The number of hydrogen-bond donors (Lipinski definition) is 1. The van der Waals surface area contributed by atoms with E-state index in [1.807, 2.05) is 0 Å². The summed E-state index contributed by atoms with van der Waals surface area (Å²) in [6.45, 7) is 1.70. The third kappa shape index (κ3) is 2.85. The van der Waals surface area contributed by atoms with Gasteiger partial charge >= 0.3 is 11.2 Å². The van der Waals surface area contributed by atoms with Crippen LogP contribution in [0.25, 0.3) is 0 Å².